The van der Waals surface area contributed by atoms with Crippen molar-refractivity contribution in [1.29, 1.82) is 0 Å². The second-order valence-electron chi connectivity index (χ2n) is 7.24. The molecule has 124 valence electrons. The highest BCUT2D eigenvalue weighted by atomic mass is 16.6. The zero-order valence-corrected chi connectivity index (χ0v) is 13.2. The monoisotopic (exact) mass is 310 g/mol. The Morgan fingerprint density at radius 1 is 1.45 bits per heavy atom. The number of esters is 1. The van der Waals surface area contributed by atoms with Crippen LogP contribution in [0.5, 0.6) is 0 Å². The molecule has 3 aliphatic rings. The predicted octanol–water partition coefficient (Wildman–Crippen LogP) is 1.77. The molecule has 2 N–H and O–H groups in total. The highest BCUT2D eigenvalue weighted by Gasteiger charge is 2.61. The lowest BCUT2D eigenvalue weighted by Gasteiger charge is -2.37. The Morgan fingerprint density at radius 2 is 2.23 bits per heavy atom. The van der Waals surface area contributed by atoms with Gasteiger partial charge in [-0.2, -0.15) is 0 Å². The van der Waals surface area contributed by atoms with E-state index in [1.54, 1.807) is 6.92 Å². The summed E-state index contributed by atoms with van der Waals surface area (Å²) >= 11 is 0. The molecule has 0 radical (unpaired) electrons. The van der Waals surface area contributed by atoms with Crippen LogP contribution in [-0.2, 0) is 14.3 Å². The number of fused-ring (bicyclic) bond motifs is 5. The molecular formula is C17H26O5. The van der Waals surface area contributed by atoms with E-state index in [-0.39, 0.29) is 24.7 Å². The molecule has 0 spiro atoms. The van der Waals surface area contributed by atoms with E-state index in [1.807, 2.05) is 0 Å². The summed E-state index contributed by atoms with van der Waals surface area (Å²) in [5, 5.41) is 20.1. The fourth-order valence-corrected chi connectivity index (χ4v) is 4.85. The van der Waals surface area contributed by atoms with Gasteiger partial charge in [0.05, 0.1) is 18.3 Å². The summed E-state index contributed by atoms with van der Waals surface area (Å²) in [6.07, 6.45) is 3.90. The first-order valence-electron chi connectivity index (χ1n) is 8.28. The molecule has 22 heavy (non-hydrogen) atoms. The summed E-state index contributed by atoms with van der Waals surface area (Å²) in [5.41, 5.74) is 0.0798. The van der Waals surface area contributed by atoms with Gasteiger partial charge in [0, 0.05) is 12.0 Å². The van der Waals surface area contributed by atoms with Crippen molar-refractivity contribution in [3.05, 3.63) is 12.2 Å². The number of hydrogen-bond acceptors (Lipinski definition) is 5. The van der Waals surface area contributed by atoms with E-state index >= 15 is 0 Å². The van der Waals surface area contributed by atoms with E-state index in [4.69, 9.17) is 9.47 Å². The van der Waals surface area contributed by atoms with Gasteiger partial charge < -0.3 is 19.7 Å². The summed E-state index contributed by atoms with van der Waals surface area (Å²) in [7, 11) is 0. The smallest absolute Gasteiger partial charge is 0.333 e. The van der Waals surface area contributed by atoms with Gasteiger partial charge in [-0.1, -0.05) is 6.58 Å². The average molecular weight is 310 g/mol. The minimum atomic E-state index is -0.923. The Hall–Kier alpha value is -0.910. The Labute approximate surface area is 131 Å². The third-order valence-electron chi connectivity index (χ3n) is 5.73. The number of ether oxygens (including phenoxy) is 2. The molecule has 0 saturated heterocycles. The number of rotatable bonds is 6. The molecule has 0 aromatic carbocycles. The normalized spacial score (nSPS) is 40.5. The lowest BCUT2D eigenvalue weighted by molar-refractivity contribution is -0.207. The molecule has 0 aromatic rings. The van der Waals surface area contributed by atoms with E-state index < -0.39 is 12.3 Å². The third-order valence-corrected chi connectivity index (χ3v) is 5.73. The molecule has 2 bridgehead atoms. The number of aliphatic hydroxyl groups excluding tert-OH is 2. The Balaban J connectivity index is 1.52. The van der Waals surface area contributed by atoms with Crippen LogP contribution < -0.4 is 0 Å². The van der Waals surface area contributed by atoms with Crippen LogP contribution in [0.25, 0.3) is 0 Å². The third kappa shape index (κ3) is 2.82. The van der Waals surface area contributed by atoms with E-state index in [1.165, 1.54) is 0 Å². The minimum absolute atomic E-state index is 0.128. The molecule has 3 saturated carbocycles. The molecule has 0 aliphatic heterocycles. The Morgan fingerprint density at radius 3 is 2.95 bits per heavy atom. The van der Waals surface area contributed by atoms with Crippen molar-refractivity contribution in [3.63, 3.8) is 0 Å². The summed E-state index contributed by atoms with van der Waals surface area (Å²) in [5.74, 6) is 1.12. The largest absolute Gasteiger partial charge is 0.462 e. The van der Waals surface area contributed by atoms with Gasteiger partial charge in [-0.25, -0.2) is 4.79 Å². The lowest BCUT2D eigenvalue weighted by Crippen LogP contribution is -2.41. The second-order valence-corrected chi connectivity index (χ2v) is 7.24. The summed E-state index contributed by atoms with van der Waals surface area (Å²) in [6.45, 7) is 5.24. The van der Waals surface area contributed by atoms with Crippen molar-refractivity contribution in [3.8, 4) is 0 Å². The molecule has 5 heteroatoms. The van der Waals surface area contributed by atoms with E-state index in [9.17, 15) is 15.0 Å². The molecular weight excluding hydrogens is 284 g/mol. The maximum absolute atomic E-state index is 11.3. The number of hydrogen-bond donors (Lipinski definition) is 2. The standard InChI is InChI=1S/C17H26O5/c1-10(2)16(20)21-6-4-15(19)22-17-5-3-11(9-17)13-7-12(18)8-14(13)17/h11-15,18-19H,1,3-9H2,2H3. The number of carbonyl (C=O) groups excluding carboxylic acids is 1. The van der Waals surface area contributed by atoms with Crippen LogP contribution >= 0.6 is 0 Å². The van der Waals surface area contributed by atoms with Crippen molar-refractivity contribution in [2.45, 2.75) is 63.4 Å². The van der Waals surface area contributed by atoms with Crippen LogP contribution in [0.2, 0.25) is 0 Å². The summed E-state index contributed by atoms with van der Waals surface area (Å²) in [6, 6.07) is 0. The fourth-order valence-electron chi connectivity index (χ4n) is 4.85. The topological polar surface area (TPSA) is 76.0 Å². The number of carbonyl (C=O) groups is 1. The highest BCUT2D eigenvalue weighted by Crippen LogP contribution is 2.62. The average Bonchev–Trinajstić information content (AvgIpc) is 3.08. The van der Waals surface area contributed by atoms with Gasteiger partial charge >= 0.3 is 5.97 Å². The van der Waals surface area contributed by atoms with Crippen molar-refractivity contribution in [1.82, 2.24) is 0 Å². The first kappa shape index (κ1) is 16.0. The van der Waals surface area contributed by atoms with Crippen LogP contribution in [0.4, 0.5) is 0 Å². The van der Waals surface area contributed by atoms with E-state index in [2.05, 4.69) is 6.58 Å². The van der Waals surface area contributed by atoms with Crippen LogP contribution in [0, 0.1) is 17.8 Å². The molecule has 0 heterocycles. The molecule has 5 nitrogen and oxygen atoms in total. The first-order chi connectivity index (χ1) is 10.4. The van der Waals surface area contributed by atoms with Gasteiger partial charge in [0.25, 0.3) is 0 Å². The molecule has 0 amide bonds. The van der Waals surface area contributed by atoms with Gasteiger partial charge in [-0.3, -0.25) is 0 Å². The molecule has 6 atom stereocenters. The lowest BCUT2D eigenvalue weighted by atomic mass is 9.79. The number of aliphatic hydroxyl groups is 2. The molecule has 0 aromatic heterocycles. The van der Waals surface area contributed by atoms with Crippen molar-refractivity contribution in [2.24, 2.45) is 17.8 Å². The molecule has 3 fully saturated rings. The quantitative estimate of drug-likeness (QED) is 0.444. The van der Waals surface area contributed by atoms with Crippen LogP contribution in [-0.4, -0.2) is 40.8 Å². The maximum Gasteiger partial charge on any atom is 0.333 e. The van der Waals surface area contributed by atoms with E-state index in [0.29, 0.717) is 23.3 Å². The van der Waals surface area contributed by atoms with Gasteiger partial charge in [0.1, 0.15) is 0 Å². The summed E-state index contributed by atoms with van der Waals surface area (Å²) in [4.78, 5) is 11.3. The van der Waals surface area contributed by atoms with Crippen LogP contribution in [0.1, 0.15) is 45.4 Å². The fraction of sp³-hybridized carbons (Fsp3) is 0.824. The van der Waals surface area contributed by atoms with Gasteiger partial charge in [-0.05, 0) is 56.8 Å². The predicted molar refractivity (Wildman–Crippen MR) is 79.8 cm³/mol. The van der Waals surface area contributed by atoms with Gasteiger partial charge in [0.15, 0.2) is 6.29 Å². The first-order valence-corrected chi connectivity index (χ1v) is 8.28. The molecule has 3 rings (SSSR count). The molecule has 3 aliphatic carbocycles. The summed E-state index contributed by atoms with van der Waals surface area (Å²) < 4.78 is 11.0. The zero-order valence-electron chi connectivity index (χ0n) is 13.2. The van der Waals surface area contributed by atoms with E-state index in [0.717, 1.165) is 32.1 Å². The van der Waals surface area contributed by atoms with Crippen molar-refractivity contribution < 1.29 is 24.5 Å². The maximum atomic E-state index is 11.3. The van der Waals surface area contributed by atoms with Crippen LogP contribution in [0.3, 0.4) is 0 Å². The Bertz CT molecular complexity index is 462. The van der Waals surface area contributed by atoms with Crippen LogP contribution in [0.15, 0.2) is 12.2 Å². The highest BCUT2D eigenvalue weighted by molar-refractivity contribution is 5.86. The van der Waals surface area contributed by atoms with Gasteiger partial charge in [-0.15, -0.1) is 0 Å². The van der Waals surface area contributed by atoms with Gasteiger partial charge in [0.2, 0.25) is 0 Å². The minimum Gasteiger partial charge on any atom is -0.462 e. The molecule has 6 unspecified atom stereocenters. The van der Waals surface area contributed by atoms with Crippen molar-refractivity contribution >= 4 is 5.97 Å². The zero-order chi connectivity index (χ0) is 15.9. The SMILES string of the molecule is C=C(C)C(=O)OCCC(O)OC12CCC(C1)C1CC(O)CC12. The Kier molecular flexibility index (Phi) is 4.32. The van der Waals surface area contributed by atoms with Crippen molar-refractivity contribution in [2.75, 3.05) is 6.61 Å². The second kappa shape index (κ2) is 5.95.